The number of carbonyl (C=O) groups is 1. The molecule has 4 aromatic rings. The second-order valence-electron chi connectivity index (χ2n) is 6.36. The normalized spacial score (nSPS) is 10.6. The molecule has 0 aliphatic rings. The third kappa shape index (κ3) is 4.00. The van der Waals surface area contributed by atoms with E-state index in [1.165, 1.54) is 13.4 Å². The number of anilines is 2. The highest BCUT2D eigenvalue weighted by molar-refractivity contribution is 6.05. The molecule has 0 radical (unpaired) electrons. The van der Waals surface area contributed by atoms with Crippen molar-refractivity contribution in [2.24, 2.45) is 0 Å². The van der Waals surface area contributed by atoms with Crippen molar-refractivity contribution < 1.29 is 14.3 Å². The van der Waals surface area contributed by atoms with E-state index >= 15 is 0 Å². The Morgan fingerprint density at radius 3 is 2.77 bits per heavy atom. The van der Waals surface area contributed by atoms with E-state index in [1.54, 1.807) is 31.4 Å². The predicted molar refractivity (Wildman–Crippen MR) is 113 cm³/mol. The zero-order valence-corrected chi connectivity index (χ0v) is 16.5. The highest BCUT2D eigenvalue weighted by atomic mass is 16.5. The quantitative estimate of drug-likeness (QED) is 0.433. The number of para-hydroxylation sites is 1. The SMILES string of the molecule is COc1cccc(CNc2nc(NC(=O)c3ccccc3OC)nc3nc[nH]c23)c1. The number of aromatic nitrogens is 4. The van der Waals surface area contributed by atoms with Crippen molar-refractivity contribution in [1.82, 2.24) is 19.9 Å². The van der Waals surface area contributed by atoms with Crippen LogP contribution in [0.5, 0.6) is 11.5 Å². The number of hydrogen-bond acceptors (Lipinski definition) is 7. The first-order valence-corrected chi connectivity index (χ1v) is 9.20. The molecule has 0 bridgehead atoms. The summed E-state index contributed by atoms with van der Waals surface area (Å²) >= 11 is 0. The maximum atomic E-state index is 12.7. The lowest BCUT2D eigenvalue weighted by molar-refractivity contribution is 0.102. The van der Waals surface area contributed by atoms with Gasteiger partial charge in [0.2, 0.25) is 5.95 Å². The molecular weight excluding hydrogens is 384 g/mol. The molecule has 152 valence electrons. The molecule has 0 atom stereocenters. The number of amides is 1. The van der Waals surface area contributed by atoms with Crippen LogP contribution in [0.2, 0.25) is 0 Å². The number of methoxy groups -OCH3 is 2. The van der Waals surface area contributed by atoms with Gasteiger partial charge in [-0.3, -0.25) is 10.1 Å². The van der Waals surface area contributed by atoms with Crippen LogP contribution in [0.15, 0.2) is 54.9 Å². The van der Waals surface area contributed by atoms with Gasteiger partial charge in [-0.25, -0.2) is 4.98 Å². The smallest absolute Gasteiger partial charge is 0.261 e. The molecule has 3 N–H and O–H groups in total. The zero-order valence-electron chi connectivity index (χ0n) is 16.5. The van der Waals surface area contributed by atoms with E-state index in [1.807, 2.05) is 24.3 Å². The van der Waals surface area contributed by atoms with Gasteiger partial charge in [0, 0.05) is 6.54 Å². The molecule has 0 aliphatic carbocycles. The van der Waals surface area contributed by atoms with Gasteiger partial charge in [0.15, 0.2) is 11.5 Å². The maximum absolute atomic E-state index is 12.7. The fourth-order valence-corrected chi connectivity index (χ4v) is 2.99. The monoisotopic (exact) mass is 404 g/mol. The van der Waals surface area contributed by atoms with Crippen molar-refractivity contribution >= 4 is 28.8 Å². The number of aromatic amines is 1. The Morgan fingerprint density at radius 2 is 1.93 bits per heavy atom. The summed E-state index contributed by atoms with van der Waals surface area (Å²) in [5.41, 5.74) is 2.48. The van der Waals surface area contributed by atoms with Crippen LogP contribution in [-0.2, 0) is 6.54 Å². The predicted octanol–water partition coefficient (Wildman–Crippen LogP) is 3.23. The van der Waals surface area contributed by atoms with Gasteiger partial charge in [0.25, 0.3) is 5.91 Å². The van der Waals surface area contributed by atoms with Crippen LogP contribution in [0.25, 0.3) is 11.2 Å². The summed E-state index contributed by atoms with van der Waals surface area (Å²) in [6.45, 7) is 0.502. The molecule has 9 nitrogen and oxygen atoms in total. The maximum Gasteiger partial charge on any atom is 0.261 e. The van der Waals surface area contributed by atoms with Crippen LogP contribution in [0, 0.1) is 0 Å². The Balaban J connectivity index is 1.58. The number of carbonyl (C=O) groups excluding carboxylic acids is 1. The standard InChI is InChI=1S/C21H20N6O3/c1-29-14-7-5-6-13(10-14)11-22-18-17-19(24-12-23-17)26-21(25-18)27-20(28)15-8-3-4-9-16(15)30-2/h3-10,12H,11H2,1-2H3,(H3,22,23,24,25,26,27,28). The second kappa shape index (κ2) is 8.48. The average molecular weight is 404 g/mol. The fourth-order valence-electron chi connectivity index (χ4n) is 2.99. The van der Waals surface area contributed by atoms with Gasteiger partial charge in [-0.15, -0.1) is 0 Å². The summed E-state index contributed by atoms with van der Waals surface area (Å²) < 4.78 is 10.5. The summed E-state index contributed by atoms with van der Waals surface area (Å²) in [6, 6.07) is 14.6. The summed E-state index contributed by atoms with van der Waals surface area (Å²) in [6.07, 6.45) is 1.53. The fraction of sp³-hybridized carbons (Fsp3) is 0.143. The lowest BCUT2D eigenvalue weighted by Crippen LogP contribution is -2.16. The Labute approximate surface area is 172 Å². The first-order valence-electron chi connectivity index (χ1n) is 9.20. The van der Waals surface area contributed by atoms with Crippen LogP contribution >= 0.6 is 0 Å². The molecule has 0 unspecified atom stereocenters. The number of benzene rings is 2. The molecule has 1 amide bonds. The number of hydrogen-bond donors (Lipinski definition) is 3. The van der Waals surface area contributed by atoms with Crippen molar-refractivity contribution in [3.8, 4) is 11.5 Å². The molecule has 30 heavy (non-hydrogen) atoms. The Bertz CT molecular complexity index is 1190. The minimum Gasteiger partial charge on any atom is -0.497 e. The van der Waals surface area contributed by atoms with Gasteiger partial charge in [0.1, 0.15) is 17.0 Å². The van der Waals surface area contributed by atoms with Gasteiger partial charge in [0.05, 0.1) is 26.1 Å². The molecule has 0 spiro atoms. The first kappa shape index (κ1) is 19.2. The molecule has 0 fully saturated rings. The Kier molecular flexibility index (Phi) is 5.42. The van der Waals surface area contributed by atoms with Crippen molar-refractivity contribution in [2.75, 3.05) is 24.9 Å². The Hall–Kier alpha value is -4.14. The molecule has 9 heteroatoms. The zero-order chi connectivity index (χ0) is 20.9. The van der Waals surface area contributed by atoms with Crippen molar-refractivity contribution in [1.29, 1.82) is 0 Å². The van der Waals surface area contributed by atoms with Crippen LogP contribution in [0.4, 0.5) is 11.8 Å². The minimum atomic E-state index is -0.374. The number of imidazole rings is 1. The van der Waals surface area contributed by atoms with E-state index in [-0.39, 0.29) is 11.9 Å². The van der Waals surface area contributed by atoms with Crippen LogP contribution in [0.1, 0.15) is 15.9 Å². The third-order valence-corrected chi connectivity index (χ3v) is 4.46. The number of rotatable bonds is 7. The van der Waals surface area contributed by atoms with E-state index in [9.17, 15) is 4.79 Å². The van der Waals surface area contributed by atoms with E-state index in [0.29, 0.717) is 34.8 Å². The molecule has 2 aromatic carbocycles. The third-order valence-electron chi connectivity index (χ3n) is 4.46. The first-order chi connectivity index (χ1) is 14.7. The molecule has 4 rings (SSSR count). The van der Waals surface area contributed by atoms with E-state index in [4.69, 9.17) is 9.47 Å². The molecular formula is C21H20N6O3. The Morgan fingerprint density at radius 1 is 1.07 bits per heavy atom. The summed E-state index contributed by atoms with van der Waals surface area (Å²) in [5, 5.41) is 5.98. The van der Waals surface area contributed by atoms with Crippen LogP contribution in [-0.4, -0.2) is 40.1 Å². The number of fused-ring (bicyclic) bond motifs is 1. The molecule has 0 saturated heterocycles. The number of ether oxygens (including phenoxy) is 2. The highest BCUT2D eigenvalue weighted by Gasteiger charge is 2.16. The van der Waals surface area contributed by atoms with E-state index in [2.05, 4.69) is 30.6 Å². The second-order valence-corrected chi connectivity index (χ2v) is 6.36. The number of nitrogens with one attached hydrogen (secondary N) is 3. The summed E-state index contributed by atoms with van der Waals surface area (Å²) in [4.78, 5) is 28.7. The van der Waals surface area contributed by atoms with Gasteiger partial charge in [-0.2, -0.15) is 9.97 Å². The van der Waals surface area contributed by atoms with Gasteiger partial charge in [-0.05, 0) is 29.8 Å². The van der Waals surface area contributed by atoms with Crippen molar-refractivity contribution in [3.05, 3.63) is 66.0 Å². The van der Waals surface area contributed by atoms with Crippen LogP contribution < -0.4 is 20.1 Å². The van der Waals surface area contributed by atoms with Crippen molar-refractivity contribution in [3.63, 3.8) is 0 Å². The highest BCUT2D eigenvalue weighted by Crippen LogP contribution is 2.22. The van der Waals surface area contributed by atoms with Gasteiger partial charge in [-0.1, -0.05) is 24.3 Å². The lowest BCUT2D eigenvalue weighted by atomic mass is 10.2. The van der Waals surface area contributed by atoms with Gasteiger partial charge < -0.3 is 19.8 Å². The van der Waals surface area contributed by atoms with Crippen LogP contribution in [0.3, 0.4) is 0 Å². The largest absolute Gasteiger partial charge is 0.497 e. The lowest BCUT2D eigenvalue weighted by Gasteiger charge is -2.11. The topological polar surface area (TPSA) is 114 Å². The number of H-pyrrole nitrogens is 1. The minimum absolute atomic E-state index is 0.138. The summed E-state index contributed by atoms with van der Waals surface area (Å²) in [5.74, 6) is 1.52. The van der Waals surface area contributed by atoms with Gasteiger partial charge >= 0.3 is 0 Å². The average Bonchev–Trinajstić information content (AvgIpc) is 3.26. The number of nitrogens with zero attached hydrogens (tertiary/aromatic N) is 3. The molecule has 2 aromatic heterocycles. The van der Waals surface area contributed by atoms with E-state index in [0.717, 1.165) is 11.3 Å². The van der Waals surface area contributed by atoms with E-state index < -0.39 is 0 Å². The van der Waals surface area contributed by atoms with Crippen molar-refractivity contribution in [2.45, 2.75) is 6.54 Å². The molecule has 0 saturated carbocycles. The molecule has 2 heterocycles. The molecule has 0 aliphatic heterocycles. The summed E-state index contributed by atoms with van der Waals surface area (Å²) in [7, 11) is 3.14.